The van der Waals surface area contributed by atoms with Crippen LogP contribution < -0.4 is 4.90 Å². The SMILES string of the molecule is CC[C@@H]1OCCC[C@@H]1C(=O)N1CCN(c2ccncc2Cl)CC1. The third-order valence-electron chi connectivity index (χ3n) is 4.84. The molecule has 1 aromatic rings. The number of pyridine rings is 1. The second kappa shape index (κ2) is 7.49. The topological polar surface area (TPSA) is 45.7 Å². The van der Waals surface area contributed by atoms with Crippen LogP contribution in [0.4, 0.5) is 5.69 Å². The fourth-order valence-corrected chi connectivity index (χ4v) is 3.79. The van der Waals surface area contributed by atoms with Crippen molar-refractivity contribution in [1.82, 2.24) is 9.88 Å². The number of anilines is 1. The minimum absolute atomic E-state index is 0.0322. The van der Waals surface area contributed by atoms with Crippen LogP contribution in [0.25, 0.3) is 0 Å². The molecule has 3 rings (SSSR count). The molecule has 0 spiro atoms. The van der Waals surface area contributed by atoms with Crippen molar-refractivity contribution in [3.8, 4) is 0 Å². The summed E-state index contributed by atoms with van der Waals surface area (Å²) in [4.78, 5) is 21.1. The quantitative estimate of drug-likeness (QED) is 0.850. The second-order valence-corrected chi connectivity index (χ2v) is 6.61. The Bertz CT molecular complexity index is 546. The number of aromatic nitrogens is 1. The van der Waals surface area contributed by atoms with Crippen molar-refractivity contribution in [1.29, 1.82) is 0 Å². The molecular formula is C17H24ClN3O2. The molecule has 0 unspecified atom stereocenters. The Kier molecular flexibility index (Phi) is 5.38. The van der Waals surface area contributed by atoms with Crippen molar-refractivity contribution in [2.45, 2.75) is 32.3 Å². The molecule has 0 N–H and O–H groups in total. The zero-order valence-electron chi connectivity index (χ0n) is 13.6. The number of piperazine rings is 1. The lowest BCUT2D eigenvalue weighted by Crippen LogP contribution is -2.52. The molecular weight excluding hydrogens is 314 g/mol. The average molecular weight is 338 g/mol. The minimum atomic E-state index is 0.0322. The molecule has 0 radical (unpaired) electrons. The van der Waals surface area contributed by atoms with Gasteiger partial charge < -0.3 is 14.5 Å². The third kappa shape index (κ3) is 3.61. The number of hydrogen-bond donors (Lipinski definition) is 0. The third-order valence-corrected chi connectivity index (χ3v) is 5.13. The number of rotatable bonds is 3. The molecule has 2 fully saturated rings. The fraction of sp³-hybridized carbons (Fsp3) is 0.647. The Balaban J connectivity index is 1.60. The average Bonchev–Trinajstić information content (AvgIpc) is 2.61. The van der Waals surface area contributed by atoms with Crippen molar-refractivity contribution in [3.63, 3.8) is 0 Å². The highest BCUT2D eigenvalue weighted by molar-refractivity contribution is 6.33. The summed E-state index contributed by atoms with van der Waals surface area (Å²) in [5.41, 5.74) is 1.00. The first-order chi connectivity index (χ1) is 11.2. The van der Waals surface area contributed by atoms with E-state index in [1.807, 2.05) is 11.0 Å². The van der Waals surface area contributed by atoms with Gasteiger partial charge in [0.15, 0.2) is 0 Å². The zero-order chi connectivity index (χ0) is 16.2. The molecule has 2 saturated heterocycles. The summed E-state index contributed by atoms with van der Waals surface area (Å²) in [6, 6.07) is 1.93. The van der Waals surface area contributed by atoms with E-state index in [-0.39, 0.29) is 17.9 Å². The number of carbonyl (C=O) groups excluding carboxylic acids is 1. The number of ether oxygens (including phenoxy) is 1. The maximum absolute atomic E-state index is 12.8. The number of amides is 1. The summed E-state index contributed by atoms with van der Waals surface area (Å²) in [6.07, 6.45) is 6.35. The van der Waals surface area contributed by atoms with Gasteiger partial charge in [0.1, 0.15) is 0 Å². The second-order valence-electron chi connectivity index (χ2n) is 6.21. The number of nitrogens with zero attached hydrogens (tertiary/aromatic N) is 3. The van der Waals surface area contributed by atoms with Gasteiger partial charge in [0.25, 0.3) is 0 Å². The van der Waals surface area contributed by atoms with Gasteiger partial charge in [-0.2, -0.15) is 0 Å². The van der Waals surface area contributed by atoms with E-state index in [0.29, 0.717) is 5.02 Å². The Labute approximate surface area is 142 Å². The molecule has 23 heavy (non-hydrogen) atoms. The smallest absolute Gasteiger partial charge is 0.228 e. The first-order valence-corrected chi connectivity index (χ1v) is 8.83. The zero-order valence-corrected chi connectivity index (χ0v) is 14.3. The molecule has 2 aliphatic rings. The molecule has 5 nitrogen and oxygen atoms in total. The highest BCUT2D eigenvalue weighted by atomic mass is 35.5. The van der Waals surface area contributed by atoms with Crippen LogP contribution >= 0.6 is 11.6 Å². The summed E-state index contributed by atoms with van der Waals surface area (Å²) in [6.45, 7) is 5.98. The van der Waals surface area contributed by atoms with E-state index in [1.54, 1.807) is 12.4 Å². The largest absolute Gasteiger partial charge is 0.377 e. The highest BCUT2D eigenvalue weighted by Crippen LogP contribution is 2.28. The van der Waals surface area contributed by atoms with Gasteiger partial charge in [-0.3, -0.25) is 9.78 Å². The first-order valence-electron chi connectivity index (χ1n) is 8.45. The van der Waals surface area contributed by atoms with E-state index < -0.39 is 0 Å². The van der Waals surface area contributed by atoms with E-state index in [0.717, 1.165) is 57.7 Å². The standard InChI is InChI=1S/C17H24ClN3O2/c1-2-16-13(4-3-11-23-16)17(22)21-9-7-20(8-10-21)15-5-6-19-12-14(15)18/h5-6,12-13,16H,2-4,7-11H2,1H3/t13-,16-/m0/s1. The molecule has 0 saturated carbocycles. The van der Waals surface area contributed by atoms with Gasteiger partial charge in [0.2, 0.25) is 5.91 Å². The summed E-state index contributed by atoms with van der Waals surface area (Å²) >= 11 is 6.21. The van der Waals surface area contributed by atoms with Crippen molar-refractivity contribution >= 4 is 23.2 Å². The van der Waals surface area contributed by atoms with Gasteiger partial charge in [-0.05, 0) is 25.3 Å². The lowest BCUT2D eigenvalue weighted by Gasteiger charge is -2.40. The molecule has 126 valence electrons. The maximum Gasteiger partial charge on any atom is 0.228 e. The van der Waals surface area contributed by atoms with Gasteiger partial charge in [-0.25, -0.2) is 0 Å². The minimum Gasteiger partial charge on any atom is -0.377 e. The van der Waals surface area contributed by atoms with Crippen LogP contribution in [0.15, 0.2) is 18.5 Å². The van der Waals surface area contributed by atoms with Gasteiger partial charge in [-0.1, -0.05) is 18.5 Å². The number of hydrogen-bond acceptors (Lipinski definition) is 4. The molecule has 1 amide bonds. The van der Waals surface area contributed by atoms with Crippen LogP contribution in [0, 0.1) is 5.92 Å². The normalized spacial score (nSPS) is 25.5. The van der Waals surface area contributed by atoms with E-state index >= 15 is 0 Å². The molecule has 2 aliphatic heterocycles. The first kappa shape index (κ1) is 16.5. The van der Waals surface area contributed by atoms with Crippen LogP contribution in [-0.4, -0.2) is 54.7 Å². The van der Waals surface area contributed by atoms with Crippen molar-refractivity contribution < 1.29 is 9.53 Å². The van der Waals surface area contributed by atoms with E-state index in [4.69, 9.17) is 16.3 Å². The van der Waals surface area contributed by atoms with E-state index in [1.165, 1.54) is 0 Å². The van der Waals surface area contributed by atoms with E-state index in [9.17, 15) is 4.79 Å². The lowest BCUT2D eigenvalue weighted by molar-refractivity contribution is -0.145. The molecule has 6 heteroatoms. The Hall–Kier alpha value is -1.33. The van der Waals surface area contributed by atoms with E-state index in [2.05, 4.69) is 16.8 Å². The monoisotopic (exact) mass is 337 g/mol. The van der Waals surface area contributed by atoms with Crippen LogP contribution in [0.5, 0.6) is 0 Å². The number of halogens is 1. The summed E-state index contributed by atoms with van der Waals surface area (Å²) in [5.74, 6) is 0.293. The lowest BCUT2D eigenvalue weighted by atomic mass is 9.91. The van der Waals surface area contributed by atoms with Gasteiger partial charge in [0, 0.05) is 45.2 Å². The Morgan fingerprint density at radius 1 is 1.39 bits per heavy atom. The predicted molar refractivity (Wildman–Crippen MR) is 90.8 cm³/mol. The molecule has 0 bridgehead atoms. The van der Waals surface area contributed by atoms with Crippen LogP contribution in [-0.2, 0) is 9.53 Å². The van der Waals surface area contributed by atoms with Crippen LogP contribution in [0.3, 0.4) is 0 Å². The molecule has 3 heterocycles. The van der Waals surface area contributed by atoms with Crippen molar-refractivity contribution in [2.24, 2.45) is 5.92 Å². The fourth-order valence-electron chi connectivity index (χ4n) is 3.55. The van der Waals surface area contributed by atoms with Crippen LogP contribution in [0.2, 0.25) is 5.02 Å². The molecule has 1 aromatic heterocycles. The number of carbonyl (C=O) groups is 1. The van der Waals surface area contributed by atoms with Crippen molar-refractivity contribution in [3.05, 3.63) is 23.5 Å². The van der Waals surface area contributed by atoms with Crippen molar-refractivity contribution in [2.75, 3.05) is 37.7 Å². The summed E-state index contributed by atoms with van der Waals surface area (Å²) in [7, 11) is 0. The summed E-state index contributed by atoms with van der Waals surface area (Å²) < 4.78 is 5.78. The van der Waals surface area contributed by atoms with Gasteiger partial charge in [-0.15, -0.1) is 0 Å². The Morgan fingerprint density at radius 2 is 2.17 bits per heavy atom. The van der Waals surface area contributed by atoms with Crippen LogP contribution in [0.1, 0.15) is 26.2 Å². The molecule has 0 aromatic carbocycles. The van der Waals surface area contributed by atoms with Gasteiger partial charge in [0.05, 0.1) is 22.7 Å². The molecule has 2 atom stereocenters. The Morgan fingerprint density at radius 3 is 2.87 bits per heavy atom. The predicted octanol–water partition coefficient (Wildman–Crippen LogP) is 2.59. The van der Waals surface area contributed by atoms with Gasteiger partial charge >= 0.3 is 0 Å². The maximum atomic E-state index is 12.8. The molecule has 0 aliphatic carbocycles. The highest BCUT2D eigenvalue weighted by Gasteiger charge is 2.34. The summed E-state index contributed by atoms with van der Waals surface area (Å²) in [5, 5.41) is 0.666.